The van der Waals surface area contributed by atoms with Crippen molar-refractivity contribution in [2.45, 2.75) is 32.7 Å². The molecular weight excluding hydrogens is 222 g/mol. The van der Waals surface area contributed by atoms with Gasteiger partial charge in [-0.2, -0.15) is 13.2 Å². The van der Waals surface area contributed by atoms with Gasteiger partial charge in [0.15, 0.2) is 0 Å². The summed E-state index contributed by atoms with van der Waals surface area (Å²) in [5.74, 6) is -0.525. The van der Waals surface area contributed by atoms with Crippen molar-refractivity contribution >= 4 is 0 Å². The quantitative estimate of drug-likeness (QED) is 0.572. The van der Waals surface area contributed by atoms with Crippen LogP contribution in [0.4, 0.5) is 17.6 Å². The van der Waals surface area contributed by atoms with Crippen molar-refractivity contribution in [3.05, 3.63) is 35.6 Å². The van der Waals surface area contributed by atoms with E-state index in [9.17, 15) is 17.6 Å². The molecule has 0 radical (unpaired) electrons. The summed E-state index contributed by atoms with van der Waals surface area (Å²) < 4.78 is 50.6. The van der Waals surface area contributed by atoms with Crippen LogP contribution in [0.1, 0.15) is 19.4 Å². The van der Waals surface area contributed by atoms with Crippen molar-refractivity contribution in [1.82, 2.24) is 4.90 Å². The lowest BCUT2D eigenvalue weighted by atomic mass is 10.2. The van der Waals surface area contributed by atoms with Gasteiger partial charge in [0.05, 0.1) is 0 Å². The van der Waals surface area contributed by atoms with Crippen molar-refractivity contribution in [3.63, 3.8) is 0 Å². The predicted molar refractivity (Wildman–Crippen MR) is 53.1 cm³/mol. The molecule has 1 aromatic carbocycles. The lowest BCUT2D eigenvalue weighted by Crippen LogP contribution is -2.42. The number of benzene rings is 1. The third-order valence-electron chi connectivity index (χ3n) is 2.19. The molecule has 0 spiro atoms. The number of hydrogen-bond donors (Lipinski definition) is 0. The summed E-state index contributed by atoms with van der Waals surface area (Å²) >= 11 is 0. The van der Waals surface area contributed by atoms with Gasteiger partial charge in [-0.3, -0.25) is 0 Å². The summed E-state index contributed by atoms with van der Waals surface area (Å²) in [6, 6.07) is 4.52. The first-order valence-electron chi connectivity index (χ1n) is 4.88. The average Bonchev–Trinajstić information content (AvgIpc) is 2.12. The molecule has 90 valence electrons. The minimum atomic E-state index is -4.40. The highest BCUT2D eigenvalue weighted by atomic mass is 19.4. The Bertz CT molecular complexity index is 346. The second-order valence-corrected chi connectivity index (χ2v) is 3.82. The second-order valence-electron chi connectivity index (χ2n) is 3.82. The van der Waals surface area contributed by atoms with Crippen LogP contribution in [0.15, 0.2) is 24.3 Å². The van der Waals surface area contributed by atoms with Crippen LogP contribution in [0.3, 0.4) is 0 Å². The maximum Gasteiger partial charge on any atom is 0.460 e. The number of nitrogens with zero attached hydrogens (tertiary/aromatic N) is 1. The SMILES string of the molecule is CC(C)N(Cc1cccc(F)c1)C(F)(F)F. The highest BCUT2D eigenvalue weighted by Gasteiger charge is 2.38. The molecule has 0 saturated heterocycles. The predicted octanol–water partition coefficient (Wildman–Crippen LogP) is 3.56. The summed E-state index contributed by atoms with van der Waals surface area (Å²) in [5.41, 5.74) is 0.311. The van der Waals surface area contributed by atoms with Crippen LogP contribution in [0.25, 0.3) is 0 Å². The van der Waals surface area contributed by atoms with Gasteiger partial charge in [0, 0.05) is 12.6 Å². The van der Waals surface area contributed by atoms with Gasteiger partial charge in [-0.1, -0.05) is 12.1 Å². The van der Waals surface area contributed by atoms with Crippen molar-refractivity contribution in [3.8, 4) is 0 Å². The van der Waals surface area contributed by atoms with E-state index in [0.717, 1.165) is 6.07 Å². The molecule has 5 heteroatoms. The Balaban J connectivity index is 2.84. The highest BCUT2D eigenvalue weighted by Crippen LogP contribution is 2.26. The molecule has 0 unspecified atom stereocenters. The zero-order valence-electron chi connectivity index (χ0n) is 9.05. The fourth-order valence-corrected chi connectivity index (χ4v) is 1.40. The molecule has 0 heterocycles. The van der Waals surface area contributed by atoms with Crippen molar-refractivity contribution in [2.75, 3.05) is 0 Å². The zero-order chi connectivity index (χ0) is 12.3. The average molecular weight is 235 g/mol. The minimum Gasteiger partial charge on any atom is -0.208 e. The molecule has 16 heavy (non-hydrogen) atoms. The maximum absolute atomic E-state index is 12.8. The van der Waals surface area contributed by atoms with Crippen LogP contribution in [0, 0.1) is 5.82 Å². The highest BCUT2D eigenvalue weighted by molar-refractivity contribution is 5.16. The molecule has 0 aliphatic carbocycles. The molecule has 0 aliphatic heterocycles. The van der Waals surface area contributed by atoms with Crippen LogP contribution in [-0.4, -0.2) is 17.2 Å². The van der Waals surface area contributed by atoms with E-state index in [1.807, 2.05) is 0 Å². The minimum absolute atomic E-state index is 0.311. The van der Waals surface area contributed by atoms with Gasteiger partial charge in [0.1, 0.15) is 5.82 Å². The largest absolute Gasteiger partial charge is 0.460 e. The topological polar surface area (TPSA) is 3.24 Å². The Labute approximate surface area is 91.7 Å². The fourth-order valence-electron chi connectivity index (χ4n) is 1.40. The van der Waals surface area contributed by atoms with Crippen LogP contribution in [0.5, 0.6) is 0 Å². The Kier molecular flexibility index (Phi) is 3.91. The van der Waals surface area contributed by atoms with Gasteiger partial charge < -0.3 is 0 Å². The number of rotatable bonds is 3. The van der Waals surface area contributed by atoms with Crippen LogP contribution in [-0.2, 0) is 6.54 Å². The van der Waals surface area contributed by atoms with E-state index in [4.69, 9.17) is 0 Å². The normalized spacial score (nSPS) is 12.5. The van der Waals surface area contributed by atoms with E-state index in [1.165, 1.54) is 32.0 Å². The first-order valence-corrected chi connectivity index (χ1v) is 4.88. The van der Waals surface area contributed by atoms with E-state index in [2.05, 4.69) is 0 Å². The molecular formula is C11H13F4N. The third-order valence-corrected chi connectivity index (χ3v) is 2.19. The van der Waals surface area contributed by atoms with Crippen LogP contribution >= 0.6 is 0 Å². The molecule has 0 saturated carbocycles. The van der Waals surface area contributed by atoms with Crippen molar-refractivity contribution in [2.24, 2.45) is 0 Å². The summed E-state index contributed by atoms with van der Waals surface area (Å²) in [6.45, 7) is 2.57. The molecule has 0 bridgehead atoms. The van der Waals surface area contributed by atoms with Gasteiger partial charge in [-0.05, 0) is 31.5 Å². The first kappa shape index (κ1) is 13.0. The van der Waals surface area contributed by atoms with Gasteiger partial charge in [0.25, 0.3) is 0 Å². The number of hydrogen-bond acceptors (Lipinski definition) is 1. The molecule has 0 N–H and O–H groups in total. The lowest BCUT2D eigenvalue weighted by molar-refractivity contribution is -0.259. The Morgan fingerprint density at radius 2 is 1.88 bits per heavy atom. The second kappa shape index (κ2) is 4.82. The summed E-state index contributed by atoms with van der Waals surface area (Å²) in [4.78, 5) is 0.363. The molecule has 1 nitrogen and oxygen atoms in total. The standard InChI is InChI=1S/C11H13F4N/c1-8(2)16(11(13,14)15)7-9-4-3-5-10(12)6-9/h3-6,8H,7H2,1-2H3. The lowest BCUT2D eigenvalue weighted by Gasteiger charge is -2.28. The number of halogens is 4. The summed E-state index contributed by atoms with van der Waals surface area (Å²) in [5, 5.41) is 0. The molecule has 0 aliphatic rings. The Hall–Kier alpha value is -1.10. The third kappa shape index (κ3) is 3.48. The Morgan fingerprint density at radius 3 is 2.31 bits per heavy atom. The van der Waals surface area contributed by atoms with E-state index < -0.39 is 18.2 Å². The van der Waals surface area contributed by atoms with E-state index in [1.54, 1.807) is 0 Å². The van der Waals surface area contributed by atoms with Crippen LogP contribution in [0.2, 0.25) is 0 Å². The molecule has 0 amide bonds. The molecule has 1 aromatic rings. The smallest absolute Gasteiger partial charge is 0.208 e. The van der Waals surface area contributed by atoms with Gasteiger partial charge in [-0.25, -0.2) is 9.29 Å². The van der Waals surface area contributed by atoms with Gasteiger partial charge in [-0.15, -0.1) is 0 Å². The molecule has 0 atom stereocenters. The molecule has 0 aromatic heterocycles. The van der Waals surface area contributed by atoms with Gasteiger partial charge >= 0.3 is 6.30 Å². The maximum atomic E-state index is 12.8. The Morgan fingerprint density at radius 1 is 1.25 bits per heavy atom. The van der Waals surface area contributed by atoms with E-state index >= 15 is 0 Å². The summed E-state index contributed by atoms with van der Waals surface area (Å²) in [7, 11) is 0. The monoisotopic (exact) mass is 235 g/mol. The van der Waals surface area contributed by atoms with Crippen LogP contribution < -0.4 is 0 Å². The van der Waals surface area contributed by atoms with Crippen molar-refractivity contribution < 1.29 is 17.6 Å². The van der Waals surface area contributed by atoms with E-state index in [0.29, 0.717) is 10.5 Å². The van der Waals surface area contributed by atoms with E-state index in [-0.39, 0.29) is 6.54 Å². The number of alkyl halides is 3. The zero-order valence-corrected chi connectivity index (χ0v) is 9.05. The summed E-state index contributed by atoms with van der Waals surface area (Å²) in [6.07, 6.45) is -4.40. The van der Waals surface area contributed by atoms with Crippen molar-refractivity contribution in [1.29, 1.82) is 0 Å². The first-order chi connectivity index (χ1) is 7.30. The van der Waals surface area contributed by atoms with Gasteiger partial charge in [0.2, 0.25) is 0 Å². The molecule has 0 fully saturated rings. The fraction of sp³-hybridized carbons (Fsp3) is 0.455. The molecule has 1 rings (SSSR count).